The molecule has 0 saturated carbocycles. The molecule has 0 unspecified atom stereocenters. The number of aryl methyl sites for hydroxylation is 1. The van der Waals surface area contributed by atoms with Gasteiger partial charge in [0.25, 0.3) is 11.8 Å². The highest BCUT2D eigenvalue weighted by molar-refractivity contribution is 5.95. The highest BCUT2D eigenvalue weighted by atomic mass is 16.5. The molecule has 0 aliphatic rings. The first kappa shape index (κ1) is 18.4. The molecular weight excluding hydrogens is 368 g/mol. The molecule has 1 N–H and O–H groups in total. The molecule has 0 aliphatic carbocycles. The van der Waals surface area contributed by atoms with Gasteiger partial charge in [-0.05, 0) is 43.3 Å². The molecule has 0 atom stereocenters. The number of amides is 1. The second-order valence-corrected chi connectivity index (χ2v) is 6.31. The van der Waals surface area contributed by atoms with E-state index in [2.05, 4.69) is 20.4 Å². The van der Waals surface area contributed by atoms with Crippen LogP contribution in [0.25, 0.3) is 22.8 Å². The molecule has 4 rings (SSSR count). The summed E-state index contributed by atoms with van der Waals surface area (Å²) in [5, 5.41) is 6.86. The molecule has 0 aliphatic heterocycles. The summed E-state index contributed by atoms with van der Waals surface area (Å²) in [6, 6.07) is 20.2. The molecule has 1 amide bonds. The highest BCUT2D eigenvalue weighted by Gasteiger charge is 2.15. The fraction of sp³-hybridized carbons (Fsp3) is 0.0909. The van der Waals surface area contributed by atoms with Crippen molar-refractivity contribution in [3.63, 3.8) is 0 Å². The topological polar surface area (TPSA) is 90.1 Å². The minimum atomic E-state index is -0.288. The molecular formula is C22H18N4O3. The van der Waals surface area contributed by atoms with Gasteiger partial charge in [-0.15, -0.1) is 0 Å². The van der Waals surface area contributed by atoms with Crippen molar-refractivity contribution in [2.75, 3.05) is 11.9 Å². The second kappa shape index (κ2) is 8.35. The number of carbonyl (C=O) groups excluding carboxylic acids is 1. The van der Waals surface area contributed by atoms with Crippen molar-refractivity contribution in [1.82, 2.24) is 15.1 Å². The largest absolute Gasteiger partial charge is 0.484 e. The maximum Gasteiger partial charge on any atom is 0.262 e. The number of nitrogens with zero attached hydrogens (tertiary/aromatic N) is 3. The summed E-state index contributed by atoms with van der Waals surface area (Å²) in [5.41, 5.74) is 2.84. The van der Waals surface area contributed by atoms with E-state index in [0.29, 0.717) is 28.7 Å². The van der Waals surface area contributed by atoms with Crippen molar-refractivity contribution in [2.24, 2.45) is 0 Å². The normalized spacial score (nSPS) is 10.5. The van der Waals surface area contributed by atoms with Crippen LogP contribution in [0.5, 0.6) is 5.75 Å². The maximum atomic E-state index is 12.3. The van der Waals surface area contributed by atoms with Crippen LogP contribution in [0.1, 0.15) is 5.69 Å². The van der Waals surface area contributed by atoms with Crippen LogP contribution in [0.3, 0.4) is 0 Å². The molecule has 2 heterocycles. The number of ether oxygens (including phenoxy) is 1. The van der Waals surface area contributed by atoms with Crippen LogP contribution in [0.15, 0.2) is 77.4 Å². The smallest absolute Gasteiger partial charge is 0.262 e. The molecule has 0 fully saturated rings. The highest BCUT2D eigenvalue weighted by Crippen LogP contribution is 2.28. The van der Waals surface area contributed by atoms with E-state index >= 15 is 0 Å². The summed E-state index contributed by atoms with van der Waals surface area (Å²) in [5.74, 6) is 1.08. The number of carbonyl (C=O) groups is 1. The van der Waals surface area contributed by atoms with E-state index in [1.54, 1.807) is 30.5 Å². The lowest BCUT2D eigenvalue weighted by Crippen LogP contribution is -2.20. The van der Waals surface area contributed by atoms with Crippen molar-refractivity contribution in [1.29, 1.82) is 0 Å². The summed E-state index contributed by atoms with van der Waals surface area (Å²) in [7, 11) is 0. The number of pyridine rings is 1. The Morgan fingerprint density at radius 2 is 1.83 bits per heavy atom. The van der Waals surface area contributed by atoms with Crippen LogP contribution in [-0.4, -0.2) is 27.6 Å². The van der Waals surface area contributed by atoms with E-state index in [1.165, 1.54) is 0 Å². The van der Waals surface area contributed by atoms with Gasteiger partial charge >= 0.3 is 0 Å². The molecule has 0 bridgehead atoms. The van der Waals surface area contributed by atoms with Crippen molar-refractivity contribution >= 4 is 11.6 Å². The third-order valence-corrected chi connectivity index (χ3v) is 4.14. The number of benzene rings is 2. The Labute approximate surface area is 167 Å². The Morgan fingerprint density at radius 1 is 1.03 bits per heavy atom. The quantitative estimate of drug-likeness (QED) is 0.536. The first-order valence-electron chi connectivity index (χ1n) is 9.03. The van der Waals surface area contributed by atoms with E-state index in [4.69, 9.17) is 9.26 Å². The molecule has 0 saturated heterocycles. The molecule has 0 spiro atoms. The Morgan fingerprint density at radius 3 is 2.62 bits per heavy atom. The second-order valence-electron chi connectivity index (χ2n) is 6.31. The maximum absolute atomic E-state index is 12.3. The number of rotatable bonds is 6. The van der Waals surface area contributed by atoms with Gasteiger partial charge in [-0.25, -0.2) is 0 Å². The number of para-hydroxylation sites is 2. The van der Waals surface area contributed by atoms with Gasteiger partial charge < -0.3 is 14.6 Å². The van der Waals surface area contributed by atoms with Crippen molar-refractivity contribution in [3.05, 3.63) is 78.6 Å². The number of nitrogens with one attached hydrogen (secondary N) is 1. The number of hydrogen-bond acceptors (Lipinski definition) is 6. The van der Waals surface area contributed by atoms with Crippen LogP contribution in [0.4, 0.5) is 5.69 Å². The lowest BCUT2D eigenvalue weighted by molar-refractivity contribution is -0.118. The zero-order chi connectivity index (χ0) is 20.1. The zero-order valence-electron chi connectivity index (χ0n) is 15.7. The summed E-state index contributed by atoms with van der Waals surface area (Å²) < 4.78 is 10.9. The predicted molar refractivity (Wildman–Crippen MR) is 108 cm³/mol. The van der Waals surface area contributed by atoms with Crippen molar-refractivity contribution in [3.8, 4) is 28.6 Å². The van der Waals surface area contributed by atoms with Gasteiger partial charge in [0, 0.05) is 17.5 Å². The molecule has 144 valence electrons. The minimum absolute atomic E-state index is 0.109. The fourth-order valence-corrected chi connectivity index (χ4v) is 2.68. The number of aromatic nitrogens is 3. The SMILES string of the molecule is Cc1ccc(-c2noc(-c3ccccc3NC(=O)COc3ccccc3)n2)cn1. The standard InChI is InChI=1S/C22H18N4O3/c1-15-11-12-16(13-23-15)21-25-22(29-26-21)18-9-5-6-10-19(18)24-20(27)14-28-17-7-3-2-4-8-17/h2-13H,14H2,1H3,(H,24,27). The molecule has 7 heteroatoms. The fourth-order valence-electron chi connectivity index (χ4n) is 2.68. The van der Waals surface area contributed by atoms with Gasteiger partial charge in [0.15, 0.2) is 6.61 Å². The van der Waals surface area contributed by atoms with E-state index in [1.807, 2.05) is 49.4 Å². The molecule has 29 heavy (non-hydrogen) atoms. The molecule has 4 aromatic rings. The van der Waals surface area contributed by atoms with Gasteiger partial charge in [-0.1, -0.05) is 35.5 Å². The van der Waals surface area contributed by atoms with Crippen LogP contribution in [0.2, 0.25) is 0 Å². The van der Waals surface area contributed by atoms with Crippen molar-refractivity contribution in [2.45, 2.75) is 6.92 Å². The van der Waals surface area contributed by atoms with Crippen LogP contribution < -0.4 is 10.1 Å². The Kier molecular flexibility index (Phi) is 5.29. The Hall–Kier alpha value is -4.00. The lowest BCUT2D eigenvalue weighted by atomic mass is 10.1. The monoisotopic (exact) mass is 386 g/mol. The van der Waals surface area contributed by atoms with Gasteiger partial charge in [0.1, 0.15) is 5.75 Å². The zero-order valence-corrected chi connectivity index (χ0v) is 15.7. The van der Waals surface area contributed by atoms with Gasteiger partial charge in [0.05, 0.1) is 11.3 Å². The molecule has 0 radical (unpaired) electrons. The summed E-state index contributed by atoms with van der Waals surface area (Å²) >= 11 is 0. The van der Waals surface area contributed by atoms with Crippen LogP contribution >= 0.6 is 0 Å². The third kappa shape index (κ3) is 4.47. The van der Waals surface area contributed by atoms with E-state index in [-0.39, 0.29) is 12.5 Å². The van der Waals surface area contributed by atoms with E-state index in [9.17, 15) is 4.79 Å². The van der Waals surface area contributed by atoms with Gasteiger partial charge in [-0.2, -0.15) is 4.98 Å². The molecule has 2 aromatic heterocycles. The van der Waals surface area contributed by atoms with Gasteiger partial charge in [-0.3, -0.25) is 9.78 Å². The molecule has 7 nitrogen and oxygen atoms in total. The lowest BCUT2D eigenvalue weighted by Gasteiger charge is -2.09. The van der Waals surface area contributed by atoms with Crippen LogP contribution in [-0.2, 0) is 4.79 Å². The first-order chi connectivity index (χ1) is 14.2. The number of hydrogen-bond donors (Lipinski definition) is 1. The Balaban J connectivity index is 1.50. The van der Waals surface area contributed by atoms with E-state index in [0.717, 1.165) is 11.3 Å². The van der Waals surface area contributed by atoms with E-state index < -0.39 is 0 Å². The summed E-state index contributed by atoms with van der Waals surface area (Å²) in [6.07, 6.45) is 1.69. The Bertz CT molecular complexity index is 1110. The van der Waals surface area contributed by atoms with Crippen LogP contribution in [0, 0.1) is 6.92 Å². The minimum Gasteiger partial charge on any atom is -0.484 e. The predicted octanol–water partition coefficient (Wildman–Crippen LogP) is 4.12. The summed E-state index contributed by atoms with van der Waals surface area (Å²) in [6.45, 7) is 1.80. The molecule has 2 aromatic carbocycles. The van der Waals surface area contributed by atoms with Gasteiger partial charge in [0.2, 0.25) is 5.82 Å². The average molecular weight is 386 g/mol. The third-order valence-electron chi connectivity index (χ3n) is 4.14. The average Bonchev–Trinajstić information content (AvgIpc) is 3.24. The van der Waals surface area contributed by atoms with Crippen molar-refractivity contribution < 1.29 is 14.1 Å². The first-order valence-corrected chi connectivity index (χ1v) is 9.03. The number of anilines is 1. The summed E-state index contributed by atoms with van der Waals surface area (Å²) in [4.78, 5) is 21.0.